The molecule has 0 saturated heterocycles. The number of hydrogen-bond donors (Lipinski definition) is 2. The van der Waals surface area contributed by atoms with E-state index in [4.69, 9.17) is 9.47 Å². The third-order valence-corrected chi connectivity index (χ3v) is 3.91. The van der Waals surface area contributed by atoms with Crippen molar-refractivity contribution in [1.82, 2.24) is 5.32 Å². The van der Waals surface area contributed by atoms with E-state index in [9.17, 15) is 5.11 Å². The zero-order chi connectivity index (χ0) is 16.3. The maximum absolute atomic E-state index is 10.4. The molecule has 0 spiro atoms. The van der Waals surface area contributed by atoms with E-state index in [-0.39, 0.29) is 0 Å². The van der Waals surface area contributed by atoms with Crippen molar-refractivity contribution in [3.63, 3.8) is 0 Å². The highest BCUT2D eigenvalue weighted by Gasteiger charge is 2.27. The summed E-state index contributed by atoms with van der Waals surface area (Å²) < 4.78 is 11.4. The standard InChI is InChI=1S/C19H23NO3/c1-19(2)22-13-16-10-15(8-9-18(16)23-19)17(21)12-20-11-14-6-4-3-5-7-14/h3-10,17,20-21H,11-13H2,1-2H3. The van der Waals surface area contributed by atoms with Gasteiger partial charge in [-0.05, 0) is 23.3 Å². The van der Waals surface area contributed by atoms with Crippen LogP contribution in [0.2, 0.25) is 0 Å². The van der Waals surface area contributed by atoms with E-state index < -0.39 is 11.9 Å². The summed E-state index contributed by atoms with van der Waals surface area (Å²) in [5.74, 6) is 0.235. The minimum absolute atomic E-state index is 0.500. The fourth-order valence-electron chi connectivity index (χ4n) is 2.63. The van der Waals surface area contributed by atoms with Gasteiger partial charge in [0.1, 0.15) is 5.75 Å². The van der Waals surface area contributed by atoms with Crippen LogP contribution < -0.4 is 10.1 Å². The Labute approximate surface area is 137 Å². The predicted molar refractivity (Wildman–Crippen MR) is 89.0 cm³/mol. The van der Waals surface area contributed by atoms with Gasteiger partial charge in [-0.15, -0.1) is 0 Å². The molecule has 1 aliphatic rings. The van der Waals surface area contributed by atoms with E-state index in [0.29, 0.717) is 13.2 Å². The van der Waals surface area contributed by atoms with E-state index in [1.807, 2.05) is 50.2 Å². The predicted octanol–water partition coefficient (Wildman–Crippen LogP) is 3.15. The van der Waals surface area contributed by atoms with Crippen molar-refractivity contribution < 1.29 is 14.6 Å². The minimum atomic E-state index is -0.593. The van der Waals surface area contributed by atoms with Gasteiger partial charge in [0.2, 0.25) is 5.79 Å². The van der Waals surface area contributed by atoms with Crippen LogP contribution in [-0.4, -0.2) is 17.4 Å². The molecule has 4 nitrogen and oxygen atoms in total. The molecule has 0 bridgehead atoms. The summed E-state index contributed by atoms with van der Waals surface area (Å²) in [6.45, 7) is 5.53. The summed E-state index contributed by atoms with van der Waals surface area (Å²) in [5, 5.41) is 13.6. The number of hydrogen-bond acceptors (Lipinski definition) is 4. The molecule has 122 valence electrons. The molecule has 1 atom stereocenters. The third-order valence-electron chi connectivity index (χ3n) is 3.91. The van der Waals surface area contributed by atoms with E-state index in [1.165, 1.54) is 5.56 Å². The fraction of sp³-hybridized carbons (Fsp3) is 0.368. The van der Waals surface area contributed by atoms with Gasteiger partial charge in [-0.3, -0.25) is 0 Å². The lowest BCUT2D eigenvalue weighted by atomic mass is 10.0. The quantitative estimate of drug-likeness (QED) is 0.890. The Bertz CT molecular complexity index is 655. The Morgan fingerprint density at radius 2 is 1.96 bits per heavy atom. The molecule has 4 heteroatoms. The molecule has 23 heavy (non-hydrogen) atoms. The average molecular weight is 313 g/mol. The summed E-state index contributed by atoms with van der Waals surface area (Å²) in [7, 11) is 0. The van der Waals surface area contributed by atoms with Gasteiger partial charge in [-0.25, -0.2) is 0 Å². The molecule has 2 N–H and O–H groups in total. The highest BCUT2D eigenvalue weighted by atomic mass is 16.7. The van der Waals surface area contributed by atoms with Crippen LogP contribution >= 0.6 is 0 Å². The van der Waals surface area contributed by atoms with Crippen LogP contribution in [0.15, 0.2) is 48.5 Å². The number of nitrogens with one attached hydrogen (secondary N) is 1. The molecular weight excluding hydrogens is 290 g/mol. The highest BCUT2D eigenvalue weighted by Crippen LogP contribution is 2.32. The normalized spacial score (nSPS) is 17.2. The molecule has 0 saturated carbocycles. The summed E-state index contributed by atoms with van der Waals surface area (Å²) in [5.41, 5.74) is 3.05. The van der Waals surface area contributed by atoms with Gasteiger partial charge in [0, 0.05) is 32.5 Å². The summed E-state index contributed by atoms with van der Waals surface area (Å²) in [6, 6.07) is 15.9. The summed E-state index contributed by atoms with van der Waals surface area (Å²) in [4.78, 5) is 0. The molecule has 1 unspecified atom stereocenters. The van der Waals surface area contributed by atoms with Crippen LogP contribution in [0.25, 0.3) is 0 Å². The summed E-state index contributed by atoms with van der Waals surface area (Å²) in [6.07, 6.45) is -0.557. The molecule has 2 aromatic carbocycles. The van der Waals surface area contributed by atoms with Gasteiger partial charge in [0.25, 0.3) is 0 Å². The van der Waals surface area contributed by atoms with E-state index in [2.05, 4.69) is 17.4 Å². The van der Waals surface area contributed by atoms with Gasteiger partial charge in [-0.2, -0.15) is 0 Å². The van der Waals surface area contributed by atoms with E-state index in [0.717, 1.165) is 23.4 Å². The van der Waals surface area contributed by atoms with Gasteiger partial charge >= 0.3 is 0 Å². The maximum atomic E-state index is 10.4. The largest absolute Gasteiger partial charge is 0.463 e. The van der Waals surface area contributed by atoms with E-state index in [1.54, 1.807) is 0 Å². The first kappa shape index (κ1) is 16.0. The van der Waals surface area contributed by atoms with Gasteiger partial charge in [-0.1, -0.05) is 36.4 Å². The van der Waals surface area contributed by atoms with Crippen molar-refractivity contribution in [2.24, 2.45) is 0 Å². The Morgan fingerprint density at radius 1 is 1.17 bits per heavy atom. The van der Waals surface area contributed by atoms with Crippen LogP contribution in [0.5, 0.6) is 5.75 Å². The van der Waals surface area contributed by atoms with Crippen LogP contribution in [0.3, 0.4) is 0 Å². The second-order valence-electron chi connectivity index (χ2n) is 6.29. The zero-order valence-corrected chi connectivity index (χ0v) is 13.6. The van der Waals surface area contributed by atoms with Crippen LogP contribution in [0.4, 0.5) is 0 Å². The Morgan fingerprint density at radius 3 is 2.74 bits per heavy atom. The third kappa shape index (κ3) is 4.10. The molecular formula is C19H23NO3. The fourth-order valence-corrected chi connectivity index (χ4v) is 2.63. The van der Waals surface area contributed by atoms with Crippen LogP contribution in [0, 0.1) is 0 Å². The number of aliphatic hydroxyl groups is 1. The molecule has 1 heterocycles. The van der Waals surface area contributed by atoms with Gasteiger partial charge < -0.3 is 19.9 Å². The molecule has 3 rings (SSSR count). The second-order valence-corrected chi connectivity index (χ2v) is 6.29. The van der Waals surface area contributed by atoms with Crippen molar-refractivity contribution >= 4 is 0 Å². The first-order valence-corrected chi connectivity index (χ1v) is 7.92. The SMILES string of the molecule is CC1(C)OCc2cc(C(O)CNCc3ccccc3)ccc2O1. The lowest BCUT2D eigenvalue weighted by Crippen LogP contribution is -2.35. The number of benzene rings is 2. The van der Waals surface area contributed by atoms with Crippen LogP contribution in [-0.2, 0) is 17.9 Å². The highest BCUT2D eigenvalue weighted by molar-refractivity contribution is 5.39. The Hall–Kier alpha value is -1.88. The molecule has 0 fully saturated rings. The average Bonchev–Trinajstić information content (AvgIpc) is 2.54. The number of fused-ring (bicyclic) bond motifs is 1. The number of rotatable bonds is 5. The molecule has 0 aliphatic carbocycles. The number of aliphatic hydroxyl groups excluding tert-OH is 1. The zero-order valence-electron chi connectivity index (χ0n) is 13.6. The Kier molecular flexibility index (Phi) is 4.66. The van der Waals surface area contributed by atoms with Crippen molar-refractivity contribution in [2.45, 2.75) is 38.9 Å². The van der Waals surface area contributed by atoms with Gasteiger partial charge in [0.15, 0.2) is 0 Å². The smallest absolute Gasteiger partial charge is 0.205 e. The summed E-state index contributed by atoms with van der Waals surface area (Å²) >= 11 is 0. The van der Waals surface area contributed by atoms with Crippen LogP contribution in [0.1, 0.15) is 36.6 Å². The Balaban J connectivity index is 1.59. The molecule has 0 aromatic heterocycles. The lowest BCUT2D eigenvalue weighted by molar-refractivity contribution is -0.180. The first-order valence-electron chi connectivity index (χ1n) is 7.92. The van der Waals surface area contributed by atoms with Crippen molar-refractivity contribution in [3.05, 3.63) is 65.2 Å². The maximum Gasteiger partial charge on any atom is 0.205 e. The van der Waals surface area contributed by atoms with Crippen molar-refractivity contribution in [1.29, 1.82) is 0 Å². The second kappa shape index (κ2) is 6.71. The molecule has 2 aromatic rings. The molecule has 0 amide bonds. The minimum Gasteiger partial charge on any atom is -0.463 e. The van der Waals surface area contributed by atoms with Crippen molar-refractivity contribution in [2.75, 3.05) is 6.54 Å². The first-order chi connectivity index (χ1) is 11.0. The van der Waals surface area contributed by atoms with Gasteiger partial charge in [0.05, 0.1) is 12.7 Å². The monoisotopic (exact) mass is 313 g/mol. The number of ether oxygens (including phenoxy) is 2. The molecule has 0 radical (unpaired) electrons. The topological polar surface area (TPSA) is 50.7 Å². The lowest BCUT2D eigenvalue weighted by Gasteiger charge is -2.33. The van der Waals surface area contributed by atoms with E-state index >= 15 is 0 Å². The molecule has 1 aliphatic heterocycles. The van der Waals surface area contributed by atoms with Crippen molar-refractivity contribution in [3.8, 4) is 5.75 Å².